The van der Waals surface area contributed by atoms with Crippen molar-refractivity contribution in [2.75, 3.05) is 26.8 Å². The molecule has 0 bridgehead atoms. The summed E-state index contributed by atoms with van der Waals surface area (Å²) in [5.41, 5.74) is 1.39. The van der Waals surface area contributed by atoms with Crippen LogP contribution in [0.5, 0.6) is 0 Å². The molecule has 0 N–H and O–H groups in total. The molecule has 1 saturated heterocycles. The lowest BCUT2D eigenvalue weighted by Crippen LogP contribution is -2.49. The molecule has 7 heteroatoms. The molecular weight excluding hydrogens is 262 g/mol. The number of nitrogens with zero attached hydrogens (tertiary/aromatic N) is 3. The van der Waals surface area contributed by atoms with E-state index in [0.29, 0.717) is 18.8 Å². The highest BCUT2D eigenvalue weighted by atomic mass is 16.6. The molecule has 1 amide bonds. The summed E-state index contributed by atoms with van der Waals surface area (Å²) in [6, 6.07) is 1.78. The van der Waals surface area contributed by atoms with Gasteiger partial charge in [0.25, 0.3) is 5.91 Å². The third-order valence-electron chi connectivity index (χ3n) is 3.33. The SMILES string of the molecule is CCc1cc(C(=O)N2CCOC(C(=O)OC)C2)n(C)n1. The Labute approximate surface area is 117 Å². The van der Waals surface area contributed by atoms with Gasteiger partial charge in [0.05, 0.1) is 26.0 Å². The lowest BCUT2D eigenvalue weighted by molar-refractivity contribution is -0.158. The monoisotopic (exact) mass is 281 g/mol. The van der Waals surface area contributed by atoms with Crippen molar-refractivity contribution in [2.45, 2.75) is 19.4 Å². The second-order valence-electron chi connectivity index (χ2n) is 4.63. The smallest absolute Gasteiger partial charge is 0.336 e. The first-order valence-electron chi connectivity index (χ1n) is 6.58. The highest BCUT2D eigenvalue weighted by Gasteiger charge is 2.31. The number of methoxy groups -OCH3 is 1. The van der Waals surface area contributed by atoms with Crippen molar-refractivity contribution in [3.05, 3.63) is 17.5 Å². The molecule has 20 heavy (non-hydrogen) atoms. The topological polar surface area (TPSA) is 73.7 Å². The number of morpholine rings is 1. The molecule has 0 saturated carbocycles. The molecule has 1 aliphatic rings. The lowest BCUT2D eigenvalue weighted by atomic mass is 10.2. The maximum Gasteiger partial charge on any atom is 0.336 e. The molecule has 0 radical (unpaired) electrons. The van der Waals surface area contributed by atoms with Crippen molar-refractivity contribution in [1.82, 2.24) is 14.7 Å². The normalized spacial score (nSPS) is 18.9. The Bertz CT molecular complexity index is 512. The van der Waals surface area contributed by atoms with Gasteiger partial charge in [0, 0.05) is 13.6 Å². The molecule has 1 aromatic rings. The van der Waals surface area contributed by atoms with E-state index in [4.69, 9.17) is 4.74 Å². The second-order valence-corrected chi connectivity index (χ2v) is 4.63. The number of esters is 1. The molecule has 0 aliphatic carbocycles. The average Bonchev–Trinajstić information content (AvgIpc) is 2.87. The third-order valence-corrected chi connectivity index (χ3v) is 3.33. The number of carbonyl (C=O) groups is 2. The first kappa shape index (κ1) is 14.5. The molecule has 2 rings (SSSR count). The number of carbonyl (C=O) groups excluding carboxylic acids is 2. The fraction of sp³-hybridized carbons (Fsp3) is 0.615. The zero-order valence-corrected chi connectivity index (χ0v) is 12.0. The Morgan fingerprint density at radius 1 is 1.55 bits per heavy atom. The molecule has 0 spiro atoms. The predicted molar refractivity (Wildman–Crippen MR) is 70.2 cm³/mol. The van der Waals surface area contributed by atoms with Crippen molar-refractivity contribution >= 4 is 11.9 Å². The molecule has 2 heterocycles. The largest absolute Gasteiger partial charge is 0.467 e. The molecule has 1 fully saturated rings. The van der Waals surface area contributed by atoms with Gasteiger partial charge in [0.2, 0.25) is 0 Å². The molecule has 1 unspecified atom stereocenters. The van der Waals surface area contributed by atoms with Gasteiger partial charge in [-0.15, -0.1) is 0 Å². The minimum atomic E-state index is -0.712. The van der Waals surface area contributed by atoms with Gasteiger partial charge in [0.15, 0.2) is 6.10 Å². The number of ether oxygens (including phenoxy) is 2. The van der Waals surface area contributed by atoms with Crippen LogP contribution in [0.3, 0.4) is 0 Å². The van der Waals surface area contributed by atoms with E-state index in [1.807, 2.05) is 6.92 Å². The van der Waals surface area contributed by atoms with Crippen LogP contribution in [0.2, 0.25) is 0 Å². The average molecular weight is 281 g/mol. The number of hydrogen-bond donors (Lipinski definition) is 0. The van der Waals surface area contributed by atoms with Crippen LogP contribution in [0.4, 0.5) is 0 Å². The number of aromatic nitrogens is 2. The molecule has 110 valence electrons. The lowest BCUT2D eigenvalue weighted by Gasteiger charge is -2.31. The summed E-state index contributed by atoms with van der Waals surface area (Å²) in [5.74, 6) is -0.598. The van der Waals surface area contributed by atoms with E-state index in [1.165, 1.54) is 7.11 Å². The summed E-state index contributed by atoms with van der Waals surface area (Å²) >= 11 is 0. The number of amides is 1. The van der Waals surface area contributed by atoms with Crippen molar-refractivity contribution in [3.63, 3.8) is 0 Å². The summed E-state index contributed by atoms with van der Waals surface area (Å²) in [6.07, 6.45) is 0.0613. The number of aryl methyl sites for hydroxylation is 2. The van der Waals surface area contributed by atoms with Gasteiger partial charge in [-0.25, -0.2) is 4.79 Å². The van der Waals surface area contributed by atoms with E-state index in [9.17, 15) is 9.59 Å². The highest BCUT2D eigenvalue weighted by Crippen LogP contribution is 2.12. The third kappa shape index (κ3) is 2.82. The van der Waals surface area contributed by atoms with Crippen LogP contribution in [0.25, 0.3) is 0 Å². The van der Waals surface area contributed by atoms with Crippen LogP contribution in [0.1, 0.15) is 23.1 Å². The number of rotatable bonds is 3. The molecule has 1 atom stereocenters. The minimum Gasteiger partial charge on any atom is -0.467 e. The van der Waals surface area contributed by atoms with Gasteiger partial charge < -0.3 is 14.4 Å². The second kappa shape index (κ2) is 6.04. The minimum absolute atomic E-state index is 0.142. The van der Waals surface area contributed by atoms with Gasteiger partial charge in [-0.3, -0.25) is 9.48 Å². The molecule has 0 aromatic carbocycles. The van der Waals surface area contributed by atoms with Gasteiger partial charge >= 0.3 is 5.97 Å². The summed E-state index contributed by atoms with van der Waals surface area (Å²) < 4.78 is 11.5. The van der Waals surface area contributed by atoms with Crippen molar-refractivity contribution in [1.29, 1.82) is 0 Å². The molecule has 1 aromatic heterocycles. The zero-order valence-electron chi connectivity index (χ0n) is 12.0. The molecular formula is C13H19N3O4. The van der Waals surface area contributed by atoms with Crippen LogP contribution in [-0.2, 0) is 27.7 Å². The summed E-state index contributed by atoms with van der Waals surface area (Å²) in [5, 5.41) is 4.26. The Hall–Kier alpha value is -1.89. The van der Waals surface area contributed by atoms with Crippen LogP contribution < -0.4 is 0 Å². The maximum absolute atomic E-state index is 12.5. The van der Waals surface area contributed by atoms with Crippen molar-refractivity contribution < 1.29 is 19.1 Å². The van der Waals surface area contributed by atoms with E-state index in [-0.39, 0.29) is 12.5 Å². The quantitative estimate of drug-likeness (QED) is 0.729. The van der Waals surface area contributed by atoms with Crippen molar-refractivity contribution in [2.24, 2.45) is 7.05 Å². The standard InChI is InChI=1S/C13H19N3O4/c1-4-9-7-10(15(2)14-9)12(17)16-5-6-20-11(8-16)13(18)19-3/h7,11H,4-6,8H2,1-3H3. The van der Waals surface area contributed by atoms with Crippen LogP contribution in [-0.4, -0.2) is 59.5 Å². The van der Waals surface area contributed by atoms with E-state index in [1.54, 1.807) is 22.7 Å². The summed E-state index contributed by atoms with van der Waals surface area (Å²) in [4.78, 5) is 25.5. The molecule has 7 nitrogen and oxygen atoms in total. The van der Waals surface area contributed by atoms with E-state index < -0.39 is 12.1 Å². The fourth-order valence-electron chi connectivity index (χ4n) is 2.17. The van der Waals surface area contributed by atoms with E-state index in [0.717, 1.165) is 12.1 Å². The Kier molecular flexibility index (Phi) is 4.39. The summed E-state index contributed by atoms with van der Waals surface area (Å²) in [7, 11) is 3.05. The van der Waals surface area contributed by atoms with Crippen LogP contribution >= 0.6 is 0 Å². The van der Waals surface area contributed by atoms with Gasteiger partial charge in [-0.05, 0) is 12.5 Å². The Morgan fingerprint density at radius 3 is 2.90 bits per heavy atom. The first-order valence-corrected chi connectivity index (χ1v) is 6.58. The van der Waals surface area contributed by atoms with Crippen LogP contribution in [0.15, 0.2) is 6.07 Å². The van der Waals surface area contributed by atoms with E-state index >= 15 is 0 Å². The predicted octanol–water partition coefficient (Wildman–Crippen LogP) is -0.00350. The zero-order chi connectivity index (χ0) is 14.7. The maximum atomic E-state index is 12.5. The van der Waals surface area contributed by atoms with Crippen molar-refractivity contribution in [3.8, 4) is 0 Å². The van der Waals surface area contributed by atoms with Crippen LogP contribution in [0, 0.1) is 0 Å². The summed E-state index contributed by atoms with van der Waals surface area (Å²) in [6.45, 7) is 2.97. The van der Waals surface area contributed by atoms with Gasteiger partial charge in [-0.2, -0.15) is 5.10 Å². The molecule has 1 aliphatic heterocycles. The fourth-order valence-corrected chi connectivity index (χ4v) is 2.17. The van der Waals surface area contributed by atoms with E-state index in [2.05, 4.69) is 9.84 Å². The Balaban J connectivity index is 2.12. The Morgan fingerprint density at radius 2 is 2.30 bits per heavy atom. The first-order chi connectivity index (χ1) is 9.56. The highest BCUT2D eigenvalue weighted by molar-refractivity contribution is 5.93. The van der Waals surface area contributed by atoms with Gasteiger partial charge in [0.1, 0.15) is 5.69 Å². The van der Waals surface area contributed by atoms with Gasteiger partial charge in [-0.1, -0.05) is 6.92 Å². The number of hydrogen-bond acceptors (Lipinski definition) is 5.